The van der Waals surface area contributed by atoms with Crippen molar-refractivity contribution in [1.82, 2.24) is 14.9 Å². The second-order valence-corrected chi connectivity index (χ2v) is 9.51. The molecule has 168 valence electrons. The van der Waals surface area contributed by atoms with E-state index >= 15 is 0 Å². The Hall–Kier alpha value is -1.91. The van der Waals surface area contributed by atoms with Gasteiger partial charge in [0.15, 0.2) is 5.96 Å². The maximum Gasteiger partial charge on any atom is 0.213 e. The summed E-state index contributed by atoms with van der Waals surface area (Å²) in [6.07, 6.45) is 3.01. The van der Waals surface area contributed by atoms with E-state index in [0.717, 1.165) is 51.1 Å². The van der Waals surface area contributed by atoms with Crippen LogP contribution in [0, 0.1) is 5.82 Å². The van der Waals surface area contributed by atoms with E-state index in [4.69, 9.17) is 4.74 Å². The normalized spacial score (nSPS) is 21.0. The molecule has 2 fully saturated rings. The summed E-state index contributed by atoms with van der Waals surface area (Å²) in [5.74, 6) is 0.436. The molecule has 0 spiro atoms. The van der Waals surface area contributed by atoms with Crippen molar-refractivity contribution in [3.63, 3.8) is 0 Å². The molecule has 2 aliphatic heterocycles. The van der Waals surface area contributed by atoms with Crippen LogP contribution in [0.1, 0.15) is 19.3 Å². The Morgan fingerprint density at radius 2 is 1.93 bits per heavy atom. The summed E-state index contributed by atoms with van der Waals surface area (Å²) in [6.45, 7) is 4.40. The number of hydrogen-bond acceptors (Lipinski definition) is 5. The Kier molecular flexibility index (Phi) is 8.29. The SMILES string of the molecule is CN=C(NCCS(=O)(=O)NCC1CCCCO1)N1CCN(c2ccc(F)cc2)CC1. The van der Waals surface area contributed by atoms with E-state index in [1.54, 1.807) is 19.2 Å². The summed E-state index contributed by atoms with van der Waals surface area (Å²) in [6, 6.07) is 6.51. The third-order valence-corrected chi connectivity index (χ3v) is 6.79. The molecule has 2 saturated heterocycles. The van der Waals surface area contributed by atoms with E-state index in [1.807, 2.05) is 0 Å². The molecule has 8 nitrogen and oxygen atoms in total. The summed E-state index contributed by atoms with van der Waals surface area (Å²) in [7, 11) is -1.67. The van der Waals surface area contributed by atoms with Gasteiger partial charge in [-0.1, -0.05) is 0 Å². The Morgan fingerprint density at radius 3 is 2.57 bits per heavy atom. The largest absolute Gasteiger partial charge is 0.377 e. The highest BCUT2D eigenvalue weighted by atomic mass is 32.2. The summed E-state index contributed by atoms with van der Waals surface area (Å²) < 4.78 is 45.8. The highest BCUT2D eigenvalue weighted by Crippen LogP contribution is 2.17. The molecule has 0 aromatic heterocycles. The summed E-state index contributed by atoms with van der Waals surface area (Å²) >= 11 is 0. The minimum Gasteiger partial charge on any atom is -0.377 e. The summed E-state index contributed by atoms with van der Waals surface area (Å²) in [4.78, 5) is 8.59. The van der Waals surface area contributed by atoms with E-state index in [2.05, 4.69) is 24.8 Å². The van der Waals surface area contributed by atoms with Crippen LogP contribution in [0.5, 0.6) is 0 Å². The van der Waals surface area contributed by atoms with Gasteiger partial charge in [0.2, 0.25) is 10.0 Å². The van der Waals surface area contributed by atoms with Gasteiger partial charge in [-0.25, -0.2) is 17.5 Å². The lowest BCUT2D eigenvalue weighted by molar-refractivity contribution is 0.0200. The second kappa shape index (κ2) is 10.9. The number of nitrogens with one attached hydrogen (secondary N) is 2. The molecule has 0 saturated carbocycles. The second-order valence-electron chi connectivity index (χ2n) is 7.58. The molecule has 3 rings (SSSR count). The minimum atomic E-state index is -3.37. The highest BCUT2D eigenvalue weighted by molar-refractivity contribution is 7.89. The van der Waals surface area contributed by atoms with E-state index in [0.29, 0.717) is 19.1 Å². The van der Waals surface area contributed by atoms with Crippen LogP contribution in [-0.4, -0.2) is 84.1 Å². The van der Waals surface area contributed by atoms with Gasteiger partial charge in [-0.2, -0.15) is 0 Å². The third-order valence-electron chi connectivity index (χ3n) is 5.44. The van der Waals surface area contributed by atoms with Crippen molar-refractivity contribution >= 4 is 21.7 Å². The van der Waals surface area contributed by atoms with Gasteiger partial charge in [0, 0.05) is 58.6 Å². The van der Waals surface area contributed by atoms with Crippen molar-refractivity contribution in [1.29, 1.82) is 0 Å². The van der Waals surface area contributed by atoms with Crippen molar-refractivity contribution < 1.29 is 17.5 Å². The molecule has 2 aliphatic rings. The zero-order valence-electron chi connectivity index (χ0n) is 17.5. The number of piperazine rings is 1. The first-order chi connectivity index (χ1) is 14.5. The number of hydrogen-bond donors (Lipinski definition) is 2. The smallest absolute Gasteiger partial charge is 0.213 e. The van der Waals surface area contributed by atoms with Crippen LogP contribution in [0.2, 0.25) is 0 Å². The Morgan fingerprint density at radius 1 is 1.20 bits per heavy atom. The van der Waals surface area contributed by atoms with Gasteiger partial charge >= 0.3 is 0 Å². The average molecular weight is 442 g/mol. The van der Waals surface area contributed by atoms with Gasteiger partial charge in [0.05, 0.1) is 11.9 Å². The van der Waals surface area contributed by atoms with Crippen molar-refractivity contribution in [2.75, 3.05) is 63.6 Å². The number of benzene rings is 1. The number of rotatable bonds is 7. The van der Waals surface area contributed by atoms with E-state index < -0.39 is 10.0 Å². The fourth-order valence-electron chi connectivity index (χ4n) is 3.72. The number of aliphatic imine (C=N–C) groups is 1. The molecule has 1 atom stereocenters. The highest BCUT2D eigenvalue weighted by Gasteiger charge is 2.21. The summed E-state index contributed by atoms with van der Waals surface area (Å²) in [5, 5.41) is 3.15. The molecule has 0 aliphatic carbocycles. The molecular formula is C20H32FN5O3S. The monoisotopic (exact) mass is 441 g/mol. The van der Waals surface area contributed by atoms with Gasteiger partial charge in [-0.3, -0.25) is 4.99 Å². The van der Waals surface area contributed by atoms with Gasteiger partial charge in [-0.15, -0.1) is 0 Å². The fraction of sp³-hybridized carbons (Fsp3) is 0.650. The molecule has 30 heavy (non-hydrogen) atoms. The summed E-state index contributed by atoms with van der Waals surface area (Å²) in [5.41, 5.74) is 0.998. The predicted octanol–water partition coefficient (Wildman–Crippen LogP) is 1.01. The van der Waals surface area contributed by atoms with Crippen LogP contribution in [0.15, 0.2) is 29.3 Å². The van der Waals surface area contributed by atoms with Crippen LogP contribution >= 0.6 is 0 Å². The van der Waals surface area contributed by atoms with E-state index in [1.165, 1.54) is 12.1 Å². The molecule has 0 amide bonds. The number of nitrogens with zero attached hydrogens (tertiary/aromatic N) is 3. The molecule has 10 heteroatoms. The van der Waals surface area contributed by atoms with Crippen molar-refractivity contribution in [2.24, 2.45) is 4.99 Å². The van der Waals surface area contributed by atoms with Crippen LogP contribution in [0.25, 0.3) is 0 Å². The minimum absolute atomic E-state index is 0.0196. The number of anilines is 1. The molecule has 2 heterocycles. The lowest BCUT2D eigenvalue weighted by atomic mass is 10.1. The van der Waals surface area contributed by atoms with E-state index in [-0.39, 0.29) is 24.2 Å². The number of ether oxygens (including phenoxy) is 1. The zero-order chi connectivity index (χ0) is 21.4. The first-order valence-corrected chi connectivity index (χ1v) is 12.2. The lowest BCUT2D eigenvalue weighted by Crippen LogP contribution is -2.53. The van der Waals surface area contributed by atoms with Crippen LogP contribution in [0.3, 0.4) is 0 Å². The van der Waals surface area contributed by atoms with Crippen molar-refractivity contribution in [3.8, 4) is 0 Å². The zero-order valence-corrected chi connectivity index (χ0v) is 18.3. The van der Waals surface area contributed by atoms with Gasteiger partial charge in [0.1, 0.15) is 5.82 Å². The van der Waals surface area contributed by atoms with Gasteiger partial charge in [0.25, 0.3) is 0 Å². The number of guanidine groups is 1. The molecule has 0 bridgehead atoms. The van der Waals surface area contributed by atoms with Gasteiger partial charge in [-0.05, 0) is 43.5 Å². The number of sulfonamides is 1. The first-order valence-electron chi connectivity index (χ1n) is 10.5. The predicted molar refractivity (Wildman–Crippen MR) is 117 cm³/mol. The van der Waals surface area contributed by atoms with Gasteiger partial charge < -0.3 is 19.9 Å². The molecule has 2 N–H and O–H groups in total. The molecule has 1 aromatic rings. The number of halogens is 1. The van der Waals surface area contributed by atoms with E-state index in [9.17, 15) is 12.8 Å². The maximum absolute atomic E-state index is 13.1. The standard InChI is InChI=1S/C20H32FN5O3S/c1-22-20(23-9-15-30(27,28)24-16-19-4-2-3-14-29-19)26-12-10-25(11-13-26)18-7-5-17(21)6-8-18/h5-8,19,24H,2-4,9-16H2,1H3,(H,22,23). The van der Waals surface area contributed by atoms with Crippen LogP contribution in [-0.2, 0) is 14.8 Å². The lowest BCUT2D eigenvalue weighted by Gasteiger charge is -2.37. The quantitative estimate of drug-likeness (QED) is 0.485. The van der Waals surface area contributed by atoms with Crippen molar-refractivity contribution in [3.05, 3.63) is 30.1 Å². The molecule has 1 aromatic carbocycles. The average Bonchev–Trinajstić information content (AvgIpc) is 2.77. The van der Waals surface area contributed by atoms with Crippen molar-refractivity contribution in [2.45, 2.75) is 25.4 Å². The molecule has 1 unspecified atom stereocenters. The third kappa shape index (κ3) is 6.82. The topological polar surface area (TPSA) is 86.3 Å². The van der Waals surface area contributed by atoms with Crippen LogP contribution in [0.4, 0.5) is 10.1 Å². The Labute approximate surface area is 178 Å². The maximum atomic E-state index is 13.1. The Balaban J connectivity index is 1.39. The molecular weight excluding hydrogens is 409 g/mol. The first kappa shape index (κ1) is 22.8. The van der Waals surface area contributed by atoms with Crippen LogP contribution < -0.4 is 14.9 Å². The Bertz CT molecular complexity index is 789. The molecule has 0 radical (unpaired) electrons. The fourth-order valence-corrected chi connectivity index (χ4v) is 4.67.